The Bertz CT molecular complexity index is 415. The molecule has 1 saturated heterocycles. The summed E-state index contributed by atoms with van der Waals surface area (Å²) in [7, 11) is 0. The van der Waals surface area contributed by atoms with E-state index >= 15 is 0 Å². The van der Waals surface area contributed by atoms with Crippen LogP contribution in [0.2, 0.25) is 0 Å². The minimum absolute atomic E-state index is 0.0714. The standard InChI is InChI=1S/C13H19NO4/c1-3-14(6-10-5-4-9(2)18-10)12-8-17-7-11(12)13(15)16/h4-5,11-12H,3,6-8H2,1-2H3,(H,15,16). The number of hydrogen-bond acceptors (Lipinski definition) is 4. The molecule has 1 aromatic heterocycles. The molecule has 0 saturated carbocycles. The maximum Gasteiger partial charge on any atom is 0.310 e. The van der Waals surface area contributed by atoms with Gasteiger partial charge in [-0.3, -0.25) is 9.69 Å². The summed E-state index contributed by atoms with van der Waals surface area (Å²) in [5.74, 6) is 0.511. The molecule has 5 heteroatoms. The zero-order valence-corrected chi connectivity index (χ0v) is 10.8. The normalized spacial score (nSPS) is 23.7. The van der Waals surface area contributed by atoms with E-state index in [9.17, 15) is 4.79 Å². The van der Waals surface area contributed by atoms with Crippen molar-refractivity contribution < 1.29 is 19.1 Å². The van der Waals surface area contributed by atoms with E-state index in [1.165, 1.54) is 0 Å². The maximum atomic E-state index is 11.2. The van der Waals surface area contributed by atoms with Crippen LogP contribution in [0.25, 0.3) is 0 Å². The highest BCUT2D eigenvalue weighted by Crippen LogP contribution is 2.22. The lowest BCUT2D eigenvalue weighted by Gasteiger charge is -2.28. The number of likely N-dealkylation sites (N-methyl/N-ethyl adjacent to an activating group) is 1. The predicted molar refractivity (Wildman–Crippen MR) is 65.3 cm³/mol. The second kappa shape index (κ2) is 5.54. The lowest BCUT2D eigenvalue weighted by atomic mass is 10.0. The van der Waals surface area contributed by atoms with Gasteiger partial charge < -0.3 is 14.3 Å². The third-order valence-corrected chi connectivity index (χ3v) is 3.40. The van der Waals surface area contributed by atoms with Gasteiger partial charge in [0.2, 0.25) is 0 Å². The van der Waals surface area contributed by atoms with E-state index in [0.717, 1.165) is 18.1 Å². The second-order valence-electron chi connectivity index (χ2n) is 4.62. The lowest BCUT2D eigenvalue weighted by molar-refractivity contribution is -0.143. The highest BCUT2D eigenvalue weighted by Gasteiger charge is 2.37. The van der Waals surface area contributed by atoms with Gasteiger partial charge in [-0.05, 0) is 25.6 Å². The Labute approximate surface area is 106 Å². The topological polar surface area (TPSA) is 62.9 Å². The average Bonchev–Trinajstić information content (AvgIpc) is 2.94. The summed E-state index contributed by atoms with van der Waals surface area (Å²) in [5.41, 5.74) is 0. The van der Waals surface area contributed by atoms with Crippen LogP contribution in [-0.4, -0.2) is 41.8 Å². The Balaban J connectivity index is 2.06. The van der Waals surface area contributed by atoms with Crippen LogP contribution in [0.15, 0.2) is 16.5 Å². The van der Waals surface area contributed by atoms with Gasteiger partial charge in [0.1, 0.15) is 11.5 Å². The Morgan fingerprint density at radius 3 is 2.83 bits per heavy atom. The Morgan fingerprint density at radius 2 is 2.28 bits per heavy atom. The number of aliphatic carboxylic acids is 1. The van der Waals surface area contributed by atoms with Crippen molar-refractivity contribution in [2.24, 2.45) is 5.92 Å². The molecule has 0 aliphatic carbocycles. The molecule has 2 unspecified atom stereocenters. The maximum absolute atomic E-state index is 11.2. The van der Waals surface area contributed by atoms with Crippen LogP contribution < -0.4 is 0 Å². The van der Waals surface area contributed by atoms with Gasteiger partial charge in [-0.15, -0.1) is 0 Å². The van der Waals surface area contributed by atoms with Crippen LogP contribution in [0.5, 0.6) is 0 Å². The minimum atomic E-state index is -0.786. The van der Waals surface area contributed by atoms with Gasteiger partial charge in [0.25, 0.3) is 0 Å². The zero-order chi connectivity index (χ0) is 13.1. The third-order valence-electron chi connectivity index (χ3n) is 3.40. The molecule has 0 bridgehead atoms. The number of ether oxygens (including phenoxy) is 1. The summed E-state index contributed by atoms with van der Waals surface area (Å²) < 4.78 is 10.8. The first-order valence-corrected chi connectivity index (χ1v) is 6.21. The average molecular weight is 253 g/mol. The number of aryl methyl sites for hydroxylation is 1. The molecule has 1 N–H and O–H groups in total. The first-order valence-electron chi connectivity index (χ1n) is 6.21. The Morgan fingerprint density at radius 1 is 1.50 bits per heavy atom. The Kier molecular flexibility index (Phi) is 4.04. The molecule has 1 aromatic rings. The van der Waals surface area contributed by atoms with Crippen LogP contribution >= 0.6 is 0 Å². The molecule has 100 valence electrons. The van der Waals surface area contributed by atoms with Gasteiger partial charge in [-0.25, -0.2) is 0 Å². The van der Waals surface area contributed by atoms with E-state index in [1.807, 2.05) is 26.0 Å². The van der Waals surface area contributed by atoms with Crippen molar-refractivity contribution in [3.05, 3.63) is 23.7 Å². The molecule has 5 nitrogen and oxygen atoms in total. The predicted octanol–water partition coefficient (Wildman–Crippen LogP) is 1.51. The van der Waals surface area contributed by atoms with Gasteiger partial charge >= 0.3 is 5.97 Å². The van der Waals surface area contributed by atoms with Crippen molar-refractivity contribution in [3.63, 3.8) is 0 Å². The van der Waals surface area contributed by atoms with Crippen LogP contribution in [0, 0.1) is 12.8 Å². The fraction of sp³-hybridized carbons (Fsp3) is 0.615. The van der Waals surface area contributed by atoms with E-state index in [-0.39, 0.29) is 6.04 Å². The molecule has 18 heavy (non-hydrogen) atoms. The monoisotopic (exact) mass is 253 g/mol. The first-order chi connectivity index (χ1) is 8.61. The number of furan rings is 1. The van der Waals surface area contributed by atoms with Crippen molar-refractivity contribution in [1.82, 2.24) is 4.90 Å². The van der Waals surface area contributed by atoms with Gasteiger partial charge in [0.05, 0.1) is 25.7 Å². The van der Waals surface area contributed by atoms with Crippen molar-refractivity contribution in [2.75, 3.05) is 19.8 Å². The number of hydrogen-bond donors (Lipinski definition) is 1. The lowest BCUT2D eigenvalue weighted by Crippen LogP contribution is -2.42. The first kappa shape index (κ1) is 13.1. The van der Waals surface area contributed by atoms with E-state index < -0.39 is 11.9 Å². The molecular weight excluding hydrogens is 234 g/mol. The van der Waals surface area contributed by atoms with Crippen molar-refractivity contribution >= 4 is 5.97 Å². The van der Waals surface area contributed by atoms with Gasteiger partial charge in [0.15, 0.2) is 0 Å². The third kappa shape index (κ3) is 2.73. The number of carbonyl (C=O) groups is 1. The number of rotatable bonds is 5. The molecule has 2 rings (SSSR count). The SMILES string of the molecule is CCN(Cc1ccc(C)o1)C1COCC1C(=O)O. The molecule has 2 atom stereocenters. The number of nitrogens with zero attached hydrogens (tertiary/aromatic N) is 1. The highest BCUT2D eigenvalue weighted by molar-refractivity contribution is 5.71. The smallest absolute Gasteiger partial charge is 0.310 e. The fourth-order valence-corrected chi connectivity index (χ4v) is 2.37. The fourth-order valence-electron chi connectivity index (χ4n) is 2.37. The summed E-state index contributed by atoms with van der Waals surface area (Å²) >= 11 is 0. The Hall–Kier alpha value is -1.33. The number of carboxylic acids is 1. The molecule has 0 amide bonds. The quantitative estimate of drug-likeness (QED) is 0.861. The summed E-state index contributed by atoms with van der Waals surface area (Å²) in [6, 6.07) is 3.78. The van der Waals surface area contributed by atoms with Gasteiger partial charge in [-0.1, -0.05) is 6.92 Å². The molecular formula is C13H19NO4. The summed E-state index contributed by atoms with van der Waals surface area (Å²) in [4.78, 5) is 13.3. The molecule has 1 aliphatic rings. The molecule has 0 aromatic carbocycles. The zero-order valence-electron chi connectivity index (χ0n) is 10.8. The summed E-state index contributed by atoms with van der Waals surface area (Å²) in [6.45, 7) is 6.10. The molecule has 1 fully saturated rings. The van der Waals surface area contributed by atoms with E-state index in [2.05, 4.69) is 4.90 Å². The minimum Gasteiger partial charge on any atom is -0.481 e. The van der Waals surface area contributed by atoms with Crippen molar-refractivity contribution in [3.8, 4) is 0 Å². The highest BCUT2D eigenvalue weighted by atomic mass is 16.5. The van der Waals surface area contributed by atoms with E-state index in [4.69, 9.17) is 14.3 Å². The van der Waals surface area contributed by atoms with Crippen LogP contribution in [-0.2, 0) is 16.1 Å². The molecule has 0 spiro atoms. The molecule has 2 heterocycles. The largest absolute Gasteiger partial charge is 0.481 e. The van der Waals surface area contributed by atoms with Crippen LogP contribution in [0.3, 0.4) is 0 Å². The van der Waals surface area contributed by atoms with Gasteiger partial charge in [0, 0.05) is 6.04 Å². The molecule has 1 aliphatic heterocycles. The summed E-state index contributed by atoms with van der Waals surface area (Å²) in [5, 5.41) is 9.17. The summed E-state index contributed by atoms with van der Waals surface area (Å²) in [6.07, 6.45) is 0. The molecule has 0 radical (unpaired) electrons. The van der Waals surface area contributed by atoms with E-state index in [0.29, 0.717) is 19.8 Å². The van der Waals surface area contributed by atoms with Gasteiger partial charge in [-0.2, -0.15) is 0 Å². The second-order valence-corrected chi connectivity index (χ2v) is 4.62. The van der Waals surface area contributed by atoms with Crippen molar-refractivity contribution in [2.45, 2.75) is 26.4 Å². The van der Waals surface area contributed by atoms with Crippen molar-refractivity contribution in [1.29, 1.82) is 0 Å². The van der Waals surface area contributed by atoms with E-state index in [1.54, 1.807) is 0 Å². The van der Waals surface area contributed by atoms with Crippen LogP contribution in [0.4, 0.5) is 0 Å². The van der Waals surface area contributed by atoms with Crippen LogP contribution in [0.1, 0.15) is 18.4 Å². The number of carboxylic acid groups (broad SMARTS) is 1.